The number of hydrogen-bond acceptors (Lipinski definition) is 2. The van der Waals surface area contributed by atoms with Crippen molar-refractivity contribution in [3.8, 4) is 0 Å². The number of benzene rings is 1. The summed E-state index contributed by atoms with van der Waals surface area (Å²) >= 11 is 8.34. The van der Waals surface area contributed by atoms with E-state index in [1.54, 1.807) is 0 Å². The Balaban J connectivity index is 1.99. The van der Waals surface area contributed by atoms with Gasteiger partial charge in [0.2, 0.25) is 0 Å². The molecule has 0 saturated heterocycles. The summed E-state index contributed by atoms with van der Waals surface area (Å²) in [5.41, 5.74) is 1.26. The van der Waals surface area contributed by atoms with Crippen LogP contribution in [0, 0.1) is 5.92 Å². The van der Waals surface area contributed by atoms with Gasteiger partial charge in [-0.15, -0.1) is 11.8 Å². The summed E-state index contributed by atoms with van der Waals surface area (Å²) in [6, 6.07) is 6.77. The van der Waals surface area contributed by atoms with Crippen molar-refractivity contribution in [2.24, 2.45) is 5.92 Å². The summed E-state index contributed by atoms with van der Waals surface area (Å²) in [4.78, 5) is 1.35. The molecule has 1 aliphatic carbocycles. The molecule has 106 valence electrons. The Morgan fingerprint density at radius 2 is 2.05 bits per heavy atom. The monoisotopic (exact) mass is 297 g/mol. The molecule has 0 spiro atoms. The Labute approximate surface area is 126 Å². The molecule has 0 unspecified atom stereocenters. The zero-order chi connectivity index (χ0) is 13.7. The lowest BCUT2D eigenvalue weighted by molar-refractivity contribution is 0.584. The molecule has 1 fully saturated rings. The van der Waals surface area contributed by atoms with Crippen LogP contribution in [-0.2, 0) is 6.54 Å². The third-order valence-corrected chi connectivity index (χ3v) is 5.40. The van der Waals surface area contributed by atoms with Crippen molar-refractivity contribution in [3.63, 3.8) is 0 Å². The van der Waals surface area contributed by atoms with Crippen LogP contribution < -0.4 is 5.32 Å². The van der Waals surface area contributed by atoms with Gasteiger partial charge >= 0.3 is 0 Å². The summed E-state index contributed by atoms with van der Waals surface area (Å²) in [5, 5.41) is 4.37. The molecule has 1 aromatic rings. The maximum atomic E-state index is 6.35. The standard InChI is InChI=1S/C16H24ClNS/c1-12(2)18-10-14-15(17)8-5-9-16(14)19-11-13-6-3-4-7-13/h5,8-9,12-13,18H,3-4,6-7,10-11H2,1-2H3. The van der Waals surface area contributed by atoms with E-state index in [1.165, 1.54) is 41.9 Å². The maximum Gasteiger partial charge on any atom is 0.0462 e. The molecular formula is C16H24ClNS. The van der Waals surface area contributed by atoms with Crippen LogP contribution in [-0.4, -0.2) is 11.8 Å². The highest BCUT2D eigenvalue weighted by Gasteiger charge is 2.16. The van der Waals surface area contributed by atoms with Gasteiger partial charge in [-0.3, -0.25) is 0 Å². The van der Waals surface area contributed by atoms with Crippen LogP contribution in [0.15, 0.2) is 23.1 Å². The third-order valence-electron chi connectivity index (χ3n) is 3.71. The fourth-order valence-electron chi connectivity index (χ4n) is 2.54. The molecule has 1 aliphatic rings. The number of thioether (sulfide) groups is 1. The van der Waals surface area contributed by atoms with Gasteiger partial charge in [-0.05, 0) is 36.5 Å². The zero-order valence-electron chi connectivity index (χ0n) is 11.9. The molecule has 0 amide bonds. The first-order valence-corrected chi connectivity index (χ1v) is 8.66. The van der Waals surface area contributed by atoms with Gasteiger partial charge in [0.15, 0.2) is 0 Å². The van der Waals surface area contributed by atoms with Crippen LogP contribution in [0.3, 0.4) is 0 Å². The smallest absolute Gasteiger partial charge is 0.0462 e. The highest BCUT2D eigenvalue weighted by molar-refractivity contribution is 7.99. The average molecular weight is 298 g/mol. The Hall–Kier alpha value is -0.180. The van der Waals surface area contributed by atoms with Crippen molar-refractivity contribution >= 4 is 23.4 Å². The molecule has 0 atom stereocenters. The largest absolute Gasteiger partial charge is 0.310 e. The van der Waals surface area contributed by atoms with E-state index >= 15 is 0 Å². The predicted octanol–water partition coefficient (Wildman–Crippen LogP) is 5.12. The zero-order valence-corrected chi connectivity index (χ0v) is 13.5. The van der Waals surface area contributed by atoms with E-state index in [1.807, 2.05) is 17.8 Å². The Morgan fingerprint density at radius 1 is 1.32 bits per heavy atom. The number of nitrogens with one attached hydrogen (secondary N) is 1. The molecule has 1 saturated carbocycles. The maximum absolute atomic E-state index is 6.35. The fraction of sp³-hybridized carbons (Fsp3) is 0.625. The Kier molecular flexibility index (Phi) is 6.06. The summed E-state index contributed by atoms with van der Waals surface area (Å²) < 4.78 is 0. The molecule has 19 heavy (non-hydrogen) atoms. The second-order valence-corrected chi connectivity index (χ2v) is 7.18. The molecule has 0 aliphatic heterocycles. The quantitative estimate of drug-likeness (QED) is 0.731. The molecule has 3 heteroatoms. The second-order valence-electron chi connectivity index (χ2n) is 5.71. The van der Waals surface area contributed by atoms with E-state index in [2.05, 4.69) is 31.3 Å². The lowest BCUT2D eigenvalue weighted by atomic mass is 10.1. The highest BCUT2D eigenvalue weighted by Crippen LogP contribution is 2.34. The Bertz CT molecular complexity index is 400. The van der Waals surface area contributed by atoms with Gasteiger partial charge < -0.3 is 5.32 Å². The van der Waals surface area contributed by atoms with Crippen LogP contribution in [0.5, 0.6) is 0 Å². The van der Waals surface area contributed by atoms with Gasteiger partial charge in [0.25, 0.3) is 0 Å². The first-order valence-electron chi connectivity index (χ1n) is 7.30. The molecule has 1 aromatic carbocycles. The van der Waals surface area contributed by atoms with E-state index in [4.69, 9.17) is 11.6 Å². The lowest BCUT2D eigenvalue weighted by Crippen LogP contribution is -2.22. The van der Waals surface area contributed by atoms with Crippen LogP contribution in [0.1, 0.15) is 45.1 Å². The highest BCUT2D eigenvalue weighted by atomic mass is 35.5. The minimum Gasteiger partial charge on any atom is -0.310 e. The van der Waals surface area contributed by atoms with Crippen molar-refractivity contribution in [2.45, 2.75) is 57.0 Å². The topological polar surface area (TPSA) is 12.0 Å². The van der Waals surface area contributed by atoms with Crippen molar-refractivity contribution in [1.82, 2.24) is 5.32 Å². The van der Waals surface area contributed by atoms with Crippen LogP contribution in [0.4, 0.5) is 0 Å². The van der Waals surface area contributed by atoms with Crippen molar-refractivity contribution in [2.75, 3.05) is 5.75 Å². The molecule has 1 nitrogen and oxygen atoms in total. The van der Waals surface area contributed by atoms with Gasteiger partial charge in [0.1, 0.15) is 0 Å². The van der Waals surface area contributed by atoms with Crippen LogP contribution in [0.25, 0.3) is 0 Å². The number of hydrogen-bond donors (Lipinski definition) is 1. The van der Waals surface area contributed by atoms with Gasteiger partial charge in [-0.25, -0.2) is 0 Å². The molecular weight excluding hydrogens is 274 g/mol. The van der Waals surface area contributed by atoms with Crippen LogP contribution >= 0.6 is 23.4 Å². The van der Waals surface area contributed by atoms with Crippen LogP contribution in [0.2, 0.25) is 5.02 Å². The fourth-order valence-corrected chi connectivity index (χ4v) is 4.11. The van der Waals surface area contributed by atoms with Gasteiger partial charge in [0.05, 0.1) is 0 Å². The van der Waals surface area contributed by atoms with E-state index < -0.39 is 0 Å². The number of halogens is 1. The molecule has 0 aromatic heterocycles. The molecule has 1 N–H and O–H groups in total. The average Bonchev–Trinajstić information content (AvgIpc) is 2.88. The van der Waals surface area contributed by atoms with E-state index in [9.17, 15) is 0 Å². The molecule has 0 bridgehead atoms. The normalized spacial score (nSPS) is 16.4. The summed E-state index contributed by atoms with van der Waals surface area (Å²) in [6.07, 6.45) is 5.66. The third kappa shape index (κ3) is 4.70. The van der Waals surface area contributed by atoms with Gasteiger partial charge in [0, 0.05) is 28.3 Å². The summed E-state index contributed by atoms with van der Waals surface area (Å²) in [6.45, 7) is 5.20. The summed E-state index contributed by atoms with van der Waals surface area (Å²) in [7, 11) is 0. The Morgan fingerprint density at radius 3 is 2.74 bits per heavy atom. The van der Waals surface area contributed by atoms with Crippen molar-refractivity contribution in [3.05, 3.63) is 28.8 Å². The number of rotatable bonds is 6. The SMILES string of the molecule is CC(C)NCc1c(Cl)cccc1SCC1CCCC1. The first kappa shape index (κ1) is 15.2. The lowest BCUT2D eigenvalue weighted by Gasteiger charge is -2.15. The van der Waals surface area contributed by atoms with E-state index in [0.717, 1.165) is 17.5 Å². The molecule has 0 heterocycles. The first-order chi connectivity index (χ1) is 9.16. The van der Waals surface area contributed by atoms with Gasteiger partial charge in [-0.2, -0.15) is 0 Å². The van der Waals surface area contributed by atoms with Crippen molar-refractivity contribution < 1.29 is 0 Å². The van der Waals surface area contributed by atoms with E-state index in [-0.39, 0.29) is 0 Å². The second kappa shape index (κ2) is 7.56. The summed E-state index contributed by atoms with van der Waals surface area (Å²) in [5.74, 6) is 2.16. The predicted molar refractivity (Wildman–Crippen MR) is 86.1 cm³/mol. The van der Waals surface area contributed by atoms with Gasteiger partial charge in [-0.1, -0.05) is 44.4 Å². The molecule has 2 rings (SSSR count). The van der Waals surface area contributed by atoms with Crippen molar-refractivity contribution in [1.29, 1.82) is 0 Å². The molecule has 0 radical (unpaired) electrons. The minimum atomic E-state index is 0.490. The minimum absolute atomic E-state index is 0.490. The van der Waals surface area contributed by atoms with E-state index in [0.29, 0.717) is 6.04 Å².